The van der Waals surface area contributed by atoms with Crippen molar-refractivity contribution in [3.63, 3.8) is 0 Å². The molecule has 0 heterocycles. The lowest BCUT2D eigenvalue weighted by atomic mass is 9.70. The summed E-state index contributed by atoms with van der Waals surface area (Å²) < 4.78 is 0. The van der Waals surface area contributed by atoms with Gasteiger partial charge in [-0.2, -0.15) is 0 Å². The third-order valence-corrected chi connectivity index (χ3v) is 4.70. The van der Waals surface area contributed by atoms with Crippen LogP contribution in [0.5, 0.6) is 0 Å². The molecule has 94 valence electrons. The van der Waals surface area contributed by atoms with Crippen molar-refractivity contribution in [3.8, 4) is 0 Å². The van der Waals surface area contributed by atoms with E-state index < -0.39 is 0 Å². The Morgan fingerprint density at radius 3 is 2.50 bits per heavy atom. The van der Waals surface area contributed by atoms with Crippen molar-refractivity contribution in [1.82, 2.24) is 4.90 Å². The summed E-state index contributed by atoms with van der Waals surface area (Å²) in [6.07, 6.45) is 6.85. The van der Waals surface area contributed by atoms with E-state index in [0.717, 1.165) is 5.92 Å². The molecule has 2 saturated carbocycles. The van der Waals surface area contributed by atoms with Crippen molar-refractivity contribution in [1.29, 1.82) is 0 Å². The minimum Gasteiger partial charge on any atom is -0.326 e. The van der Waals surface area contributed by atoms with Crippen LogP contribution in [0.1, 0.15) is 52.9 Å². The van der Waals surface area contributed by atoms with Gasteiger partial charge < -0.3 is 5.73 Å². The highest BCUT2D eigenvalue weighted by atomic mass is 15.2. The van der Waals surface area contributed by atoms with Gasteiger partial charge in [-0.1, -0.05) is 27.2 Å². The molecule has 2 aliphatic carbocycles. The third kappa shape index (κ3) is 2.60. The molecule has 2 unspecified atom stereocenters. The van der Waals surface area contributed by atoms with Crippen LogP contribution < -0.4 is 5.73 Å². The first-order chi connectivity index (χ1) is 7.54. The summed E-state index contributed by atoms with van der Waals surface area (Å²) in [6.45, 7) is 9.44. The number of hydrogen-bond donors (Lipinski definition) is 1. The van der Waals surface area contributed by atoms with Gasteiger partial charge in [0.1, 0.15) is 0 Å². The van der Waals surface area contributed by atoms with Gasteiger partial charge in [0.05, 0.1) is 0 Å². The summed E-state index contributed by atoms with van der Waals surface area (Å²) in [5, 5.41) is 0. The van der Waals surface area contributed by atoms with Crippen LogP contribution in [0.3, 0.4) is 0 Å². The minimum atomic E-state index is 0.333. The number of likely N-dealkylation sites (N-methyl/N-ethyl adjacent to an activating group) is 1. The van der Waals surface area contributed by atoms with E-state index in [1.807, 2.05) is 0 Å². The van der Waals surface area contributed by atoms with Crippen molar-refractivity contribution in [2.45, 2.75) is 65.0 Å². The number of hydrogen-bond acceptors (Lipinski definition) is 2. The molecule has 16 heavy (non-hydrogen) atoms. The Morgan fingerprint density at radius 1 is 1.25 bits per heavy atom. The topological polar surface area (TPSA) is 29.3 Å². The lowest BCUT2D eigenvalue weighted by molar-refractivity contribution is 0.0682. The Hall–Kier alpha value is -0.0800. The van der Waals surface area contributed by atoms with Crippen LogP contribution in [0, 0.1) is 11.3 Å². The normalized spacial score (nSPS) is 34.3. The number of rotatable bonds is 4. The quantitative estimate of drug-likeness (QED) is 0.795. The van der Waals surface area contributed by atoms with Crippen molar-refractivity contribution in [2.75, 3.05) is 13.1 Å². The van der Waals surface area contributed by atoms with Gasteiger partial charge >= 0.3 is 0 Å². The van der Waals surface area contributed by atoms with Gasteiger partial charge in [-0.05, 0) is 43.6 Å². The molecule has 0 spiro atoms. The van der Waals surface area contributed by atoms with Gasteiger partial charge in [0, 0.05) is 18.6 Å². The van der Waals surface area contributed by atoms with E-state index in [-0.39, 0.29) is 0 Å². The van der Waals surface area contributed by atoms with E-state index in [2.05, 4.69) is 25.7 Å². The first-order valence-electron chi connectivity index (χ1n) is 7.04. The van der Waals surface area contributed by atoms with E-state index in [0.29, 0.717) is 17.5 Å². The van der Waals surface area contributed by atoms with Crippen LogP contribution in [-0.2, 0) is 0 Å². The number of nitrogens with zero attached hydrogens (tertiary/aromatic N) is 1. The highest BCUT2D eigenvalue weighted by molar-refractivity contribution is 4.97. The Morgan fingerprint density at radius 2 is 1.94 bits per heavy atom. The molecule has 0 aromatic rings. The molecule has 2 heteroatoms. The zero-order chi connectivity index (χ0) is 11.8. The molecule has 2 rings (SSSR count). The van der Waals surface area contributed by atoms with Crippen molar-refractivity contribution < 1.29 is 0 Å². The fraction of sp³-hybridized carbons (Fsp3) is 1.00. The molecular formula is C14H28N2. The molecule has 0 radical (unpaired) electrons. The lowest BCUT2D eigenvalue weighted by Crippen LogP contribution is -2.57. The molecule has 2 aliphatic rings. The summed E-state index contributed by atoms with van der Waals surface area (Å²) in [7, 11) is 0. The maximum atomic E-state index is 6.49. The third-order valence-electron chi connectivity index (χ3n) is 4.70. The second-order valence-electron chi connectivity index (χ2n) is 6.50. The predicted molar refractivity (Wildman–Crippen MR) is 69.4 cm³/mol. The molecule has 0 amide bonds. The zero-order valence-corrected chi connectivity index (χ0v) is 11.2. The van der Waals surface area contributed by atoms with Crippen molar-refractivity contribution in [2.24, 2.45) is 17.1 Å². The molecule has 0 bridgehead atoms. The molecule has 2 nitrogen and oxygen atoms in total. The number of nitrogens with two attached hydrogens (primary N) is 1. The summed E-state index contributed by atoms with van der Waals surface area (Å²) in [5.74, 6) is 0.984. The predicted octanol–water partition coefficient (Wildman–Crippen LogP) is 2.62. The SMILES string of the molecule is CCN(CC1CC1)C1CCCC(C)(C)C1N. The molecule has 2 atom stereocenters. The summed E-state index contributed by atoms with van der Waals surface area (Å²) in [4.78, 5) is 2.66. The molecule has 2 fully saturated rings. The lowest BCUT2D eigenvalue weighted by Gasteiger charge is -2.46. The Labute approximate surface area is 101 Å². The van der Waals surface area contributed by atoms with Crippen LogP contribution in [0.2, 0.25) is 0 Å². The van der Waals surface area contributed by atoms with Gasteiger partial charge in [0.25, 0.3) is 0 Å². The maximum absolute atomic E-state index is 6.49. The average Bonchev–Trinajstić information content (AvgIpc) is 3.03. The van der Waals surface area contributed by atoms with Gasteiger partial charge in [0.2, 0.25) is 0 Å². The van der Waals surface area contributed by atoms with Crippen LogP contribution in [0.15, 0.2) is 0 Å². The molecule has 0 saturated heterocycles. The van der Waals surface area contributed by atoms with Gasteiger partial charge in [0.15, 0.2) is 0 Å². The van der Waals surface area contributed by atoms with E-state index in [1.54, 1.807) is 0 Å². The highest BCUT2D eigenvalue weighted by Crippen LogP contribution is 2.38. The van der Waals surface area contributed by atoms with E-state index in [9.17, 15) is 0 Å². The zero-order valence-electron chi connectivity index (χ0n) is 11.2. The van der Waals surface area contributed by atoms with Gasteiger partial charge in [-0.15, -0.1) is 0 Å². The Bertz CT molecular complexity index is 233. The summed E-state index contributed by atoms with van der Waals surface area (Å²) in [5.41, 5.74) is 6.82. The van der Waals surface area contributed by atoms with Crippen LogP contribution in [-0.4, -0.2) is 30.1 Å². The summed E-state index contributed by atoms with van der Waals surface area (Å²) in [6, 6.07) is 0.995. The van der Waals surface area contributed by atoms with Crippen LogP contribution in [0.25, 0.3) is 0 Å². The van der Waals surface area contributed by atoms with Gasteiger partial charge in [-0.3, -0.25) is 4.90 Å². The van der Waals surface area contributed by atoms with E-state index >= 15 is 0 Å². The average molecular weight is 224 g/mol. The molecule has 0 aromatic carbocycles. The van der Waals surface area contributed by atoms with Crippen LogP contribution in [0.4, 0.5) is 0 Å². The Balaban J connectivity index is 1.99. The standard InChI is InChI=1S/C14H28N2/c1-4-16(10-11-7-8-11)12-6-5-9-14(2,3)13(12)15/h11-13H,4-10,15H2,1-3H3. The van der Waals surface area contributed by atoms with Crippen molar-refractivity contribution in [3.05, 3.63) is 0 Å². The Kier molecular flexibility index (Phi) is 3.60. The smallest absolute Gasteiger partial charge is 0.0252 e. The molecule has 0 aliphatic heterocycles. The highest BCUT2D eigenvalue weighted by Gasteiger charge is 2.39. The van der Waals surface area contributed by atoms with Crippen LogP contribution >= 0.6 is 0 Å². The second-order valence-corrected chi connectivity index (χ2v) is 6.50. The first kappa shape index (κ1) is 12.4. The van der Waals surface area contributed by atoms with E-state index in [4.69, 9.17) is 5.73 Å². The second kappa shape index (κ2) is 4.66. The monoisotopic (exact) mass is 224 g/mol. The maximum Gasteiger partial charge on any atom is 0.0252 e. The van der Waals surface area contributed by atoms with E-state index in [1.165, 1.54) is 45.2 Å². The fourth-order valence-electron chi connectivity index (χ4n) is 3.17. The largest absolute Gasteiger partial charge is 0.326 e. The molecular weight excluding hydrogens is 196 g/mol. The molecule has 2 N–H and O–H groups in total. The first-order valence-corrected chi connectivity index (χ1v) is 7.04. The fourth-order valence-corrected chi connectivity index (χ4v) is 3.17. The van der Waals surface area contributed by atoms with Crippen molar-refractivity contribution >= 4 is 0 Å². The van der Waals surface area contributed by atoms with Gasteiger partial charge in [-0.25, -0.2) is 0 Å². The molecule has 0 aromatic heterocycles. The summed E-state index contributed by atoms with van der Waals surface area (Å²) >= 11 is 0. The minimum absolute atomic E-state index is 0.333.